The quantitative estimate of drug-likeness (QED) is 0.318. The highest BCUT2D eigenvalue weighted by molar-refractivity contribution is 8.76. The Bertz CT molecular complexity index is 79.0. The molecule has 0 spiro atoms. The molecule has 0 aromatic carbocycles. The van der Waals surface area contributed by atoms with Gasteiger partial charge in [-0.1, -0.05) is 0 Å². The molecule has 5 heterocycles. The predicted octanol–water partition coefficient (Wildman–Crippen LogP) is -3.62. The monoisotopic (exact) mass is 156 g/mol. The van der Waals surface area contributed by atoms with Gasteiger partial charge in [-0.05, 0) is 37.8 Å². The Labute approximate surface area is 43.6 Å². The van der Waals surface area contributed by atoms with Gasteiger partial charge in [0.2, 0.25) is 0 Å². The zero-order valence-corrected chi connectivity index (χ0v) is 9.24. The molecule has 0 nitrogen and oxygen atoms in total. The minimum atomic E-state index is 0.639. The predicted molar refractivity (Wildman–Crippen MR) is 41.5 cm³/mol. The van der Waals surface area contributed by atoms with Gasteiger partial charge >= 0.3 is 0 Å². The highest BCUT2D eigenvalue weighted by atomic mass is 30.6. The molecule has 28 valence electrons. The molecule has 5 fully saturated rings. The van der Waals surface area contributed by atoms with Crippen LogP contribution in [0, 0.1) is 0 Å². The lowest BCUT2D eigenvalue weighted by atomic mass is 10.6. The summed E-state index contributed by atoms with van der Waals surface area (Å²) in [6, 6.07) is 0. The van der Waals surface area contributed by atoms with Gasteiger partial charge < -0.3 is 0 Å². The smallest absolute Gasteiger partial charge is 0.0268 e. The van der Waals surface area contributed by atoms with Crippen molar-refractivity contribution in [1.29, 1.82) is 0 Å². The number of rotatable bonds is 0. The van der Waals surface area contributed by atoms with Gasteiger partial charge in [-0.3, -0.25) is 0 Å². The fraction of sp³-hybridized carbons (Fsp3) is 0. The fourth-order valence-electron chi connectivity index (χ4n) is 3.41. The van der Waals surface area contributed by atoms with Gasteiger partial charge in [-0.2, -0.15) is 0 Å². The second-order valence-electron chi connectivity index (χ2n) is 3.46. The molecule has 0 saturated carbocycles. The number of hydrogen-bond donors (Lipinski definition) is 0. The van der Waals surface area contributed by atoms with E-state index in [1.807, 2.05) is 5.49 Å². The van der Waals surface area contributed by atoms with Crippen molar-refractivity contribution in [1.82, 2.24) is 0 Å². The molecule has 5 aliphatic heterocycles. The van der Waals surface area contributed by atoms with Crippen LogP contribution in [0.2, 0.25) is 0 Å². The molecule has 6 heteroatoms. The highest BCUT2D eigenvalue weighted by Crippen LogP contribution is 2.62. The zero-order chi connectivity index (χ0) is 3.46. The van der Waals surface area contributed by atoms with Crippen molar-refractivity contribution in [3.05, 3.63) is 0 Å². The Morgan fingerprint density at radius 2 is 1.50 bits per heavy atom. The summed E-state index contributed by atoms with van der Waals surface area (Å²) >= 11 is 0. The first-order chi connectivity index (χ1) is 3.00. The Morgan fingerprint density at radius 3 is 1.67 bits per heavy atom. The van der Waals surface area contributed by atoms with Crippen molar-refractivity contribution in [2.45, 2.75) is 0 Å². The molecule has 6 heavy (non-hydrogen) atoms. The topological polar surface area (TPSA) is 0 Å². The summed E-state index contributed by atoms with van der Waals surface area (Å²) in [5.74, 6) is 0. The van der Waals surface area contributed by atoms with Gasteiger partial charge in [0, 0.05) is 0 Å². The molecule has 0 aliphatic carbocycles. The summed E-state index contributed by atoms with van der Waals surface area (Å²) in [4.78, 5) is 0. The first kappa shape index (κ1) is 2.62. The molecular weight excluding hydrogens is 151 g/mol. The Balaban J connectivity index is 2.31. The van der Waals surface area contributed by atoms with Gasteiger partial charge in [0.05, 0.1) is 5.49 Å². The SMILES string of the molecule is B12[SiH]3[SiH]1[SiH]1[SiH]2[SiH]31. The third-order valence-electron chi connectivity index (χ3n) is 3.72. The van der Waals surface area contributed by atoms with E-state index < -0.39 is 0 Å². The van der Waals surface area contributed by atoms with Crippen LogP contribution in [0.15, 0.2) is 0 Å². The van der Waals surface area contributed by atoms with Crippen LogP contribution in [0.1, 0.15) is 0 Å². The standard InChI is InChI=1S/BH5Si5/c1-2-3(1)6-4(1)5(2)6/h2-6H. The maximum absolute atomic E-state index is 1.87. The molecule has 0 radical (unpaired) electrons. The van der Waals surface area contributed by atoms with Crippen molar-refractivity contribution in [3.8, 4) is 0 Å². The molecule has 0 bridgehead atoms. The molecular formula is H5BSi5. The Kier molecular flexibility index (Phi) is 0.195. The summed E-state index contributed by atoms with van der Waals surface area (Å²) in [7, 11) is 3.35. The van der Waals surface area contributed by atoms with Gasteiger partial charge in [-0.15, -0.1) is 0 Å². The van der Waals surface area contributed by atoms with E-state index in [0.29, 0.717) is 37.8 Å². The Morgan fingerprint density at radius 1 is 0.833 bits per heavy atom. The molecule has 0 N–H and O–H groups in total. The van der Waals surface area contributed by atoms with Crippen LogP contribution in [0.4, 0.5) is 0 Å². The van der Waals surface area contributed by atoms with E-state index in [1.54, 1.807) is 0 Å². The first-order valence-electron chi connectivity index (χ1n) is 3.00. The summed E-state index contributed by atoms with van der Waals surface area (Å²) in [5, 5.41) is 0. The van der Waals surface area contributed by atoms with Crippen molar-refractivity contribution in [2.24, 2.45) is 0 Å². The summed E-state index contributed by atoms with van der Waals surface area (Å²) < 4.78 is 0. The Hall–Kier alpha value is 1.15. The molecule has 0 aromatic rings. The van der Waals surface area contributed by atoms with Crippen LogP contribution >= 0.6 is 0 Å². The van der Waals surface area contributed by atoms with Crippen LogP contribution in [0.3, 0.4) is 0 Å². The number of hydrogen-bond acceptors (Lipinski definition) is 0. The van der Waals surface area contributed by atoms with Crippen molar-refractivity contribution >= 4 is 43.3 Å². The van der Waals surface area contributed by atoms with E-state index in [2.05, 4.69) is 0 Å². The van der Waals surface area contributed by atoms with E-state index in [-0.39, 0.29) is 0 Å². The molecule has 5 rings (SSSR count). The molecule has 5 saturated heterocycles. The normalized spacial score (nSPS) is 96.0. The van der Waals surface area contributed by atoms with Crippen molar-refractivity contribution < 1.29 is 0 Å². The lowest BCUT2D eigenvalue weighted by Gasteiger charge is -2.02. The first-order valence-corrected chi connectivity index (χ1v) is 21.0. The van der Waals surface area contributed by atoms with Crippen molar-refractivity contribution in [2.75, 3.05) is 0 Å². The third-order valence-corrected chi connectivity index (χ3v) is 157. The minimum absolute atomic E-state index is 0.639. The lowest BCUT2D eigenvalue weighted by molar-refractivity contribution is 3.75. The summed E-state index contributed by atoms with van der Waals surface area (Å²) in [6.07, 6.45) is 0. The average molecular weight is 156 g/mol. The van der Waals surface area contributed by atoms with Crippen LogP contribution < -0.4 is 0 Å². The second kappa shape index (κ2) is 0.445. The summed E-state index contributed by atoms with van der Waals surface area (Å²) in [6.45, 7) is 0. The largest absolute Gasteiger partial charge is 0.0953 e. The van der Waals surface area contributed by atoms with Crippen molar-refractivity contribution in [3.63, 3.8) is 0 Å². The van der Waals surface area contributed by atoms with Gasteiger partial charge in [-0.25, -0.2) is 0 Å². The van der Waals surface area contributed by atoms with E-state index in [0.717, 1.165) is 0 Å². The summed E-state index contributed by atoms with van der Waals surface area (Å²) in [5.41, 5.74) is 1.87. The third kappa shape index (κ3) is 0.0807. The second-order valence-corrected chi connectivity index (χ2v) is 62.4. The molecule has 0 aromatic heterocycles. The van der Waals surface area contributed by atoms with E-state index in [9.17, 15) is 0 Å². The van der Waals surface area contributed by atoms with Crippen LogP contribution in [-0.4, -0.2) is 43.3 Å². The maximum Gasteiger partial charge on any atom is 0.0953 e. The lowest BCUT2D eigenvalue weighted by Crippen LogP contribution is -2.38. The zero-order valence-electron chi connectivity index (χ0n) is 3.46. The average Bonchev–Trinajstić information content (AvgIpc) is 1.64. The van der Waals surface area contributed by atoms with Crippen LogP contribution in [0.25, 0.3) is 0 Å². The molecule has 5 aliphatic rings. The minimum Gasteiger partial charge on any atom is -0.0268 e. The van der Waals surface area contributed by atoms with Gasteiger partial charge in [0.1, 0.15) is 0 Å². The highest BCUT2D eigenvalue weighted by Gasteiger charge is 3.00. The van der Waals surface area contributed by atoms with E-state index in [1.165, 1.54) is 0 Å². The molecule has 4 unspecified atom stereocenters. The molecule has 0 amide bonds. The fourth-order valence-corrected chi connectivity index (χ4v) is 354. The maximum atomic E-state index is 1.87. The van der Waals surface area contributed by atoms with E-state index in [4.69, 9.17) is 0 Å². The van der Waals surface area contributed by atoms with Gasteiger partial charge in [0.15, 0.2) is 0 Å². The van der Waals surface area contributed by atoms with Gasteiger partial charge in [0.25, 0.3) is 0 Å². The van der Waals surface area contributed by atoms with E-state index >= 15 is 0 Å². The molecule has 4 atom stereocenters. The van der Waals surface area contributed by atoms with Crippen LogP contribution in [0.5, 0.6) is 0 Å². The van der Waals surface area contributed by atoms with Crippen LogP contribution in [-0.2, 0) is 0 Å².